The highest BCUT2D eigenvalue weighted by Gasteiger charge is 2.19. The topological polar surface area (TPSA) is 0 Å². The van der Waals surface area contributed by atoms with Crippen LogP contribution in [0.15, 0.2) is 23.3 Å². The molecule has 0 N–H and O–H groups in total. The molecule has 0 rings (SSSR count). The molecule has 0 spiro atoms. The van der Waals surface area contributed by atoms with Gasteiger partial charge in [-0.3, -0.25) is 0 Å². The monoisotopic (exact) mass is 332 g/mol. The van der Waals surface area contributed by atoms with Crippen molar-refractivity contribution in [3.63, 3.8) is 0 Å². The molecule has 0 radical (unpaired) electrons. The van der Waals surface area contributed by atoms with Crippen molar-refractivity contribution in [2.24, 2.45) is 0 Å². The van der Waals surface area contributed by atoms with E-state index in [-0.39, 0.29) is 0 Å². The standard InChI is InChI=1S/C11H16BrCl3/c1-9(6-7-12)4-3-5-10(2)8-11(13,14)15/h5-6H,3-4,7-8H2,1-2H3/b9-6+,10-5?. The molecule has 0 aromatic heterocycles. The van der Waals surface area contributed by atoms with Gasteiger partial charge in [0, 0.05) is 11.8 Å². The maximum absolute atomic E-state index is 5.69. The van der Waals surface area contributed by atoms with E-state index < -0.39 is 3.79 Å². The van der Waals surface area contributed by atoms with Crippen LogP contribution in [-0.4, -0.2) is 9.12 Å². The van der Waals surface area contributed by atoms with E-state index in [1.807, 2.05) is 6.92 Å². The van der Waals surface area contributed by atoms with Crippen molar-refractivity contribution in [1.82, 2.24) is 0 Å². The SMILES string of the molecule is CC(=CCC/C(C)=C/CBr)CC(Cl)(Cl)Cl. The Balaban J connectivity index is 3.92. The van der Waals surface area contributed by atoms with E-state index in [0.717, 1.165) is 23.7 Å². The molecule has 0 aromatic carbocycles. The van der Waals surface area contributed by atoms with Crippen LogP contribution in [0.2, 0.25) is 0 Å². The summed E-state index contributed by atoms with van der Waals surface area (Å²) in [6.45, 7) is 4.12. The van der Waals surface area contributed by atoms with E-state index in [1.54, 1.807) is 0 Å². The second-order valence-electron chi connectivity index (χ2n) is 3.59. The molecule has 0 saturated heterocycles. The first-order valence-electron chi connectivity index (χ1n) is 4.79. The fourth-order valence-corrected chi connectivity index (χ4v) is 2.35. The Hall–Kier alpha value is 0.830. The summed E-state index contributed by atoms with van der Waals surface area (Å²) in [5.74, 6) is 0. The van der Waals surface area contributed by atoms with Crippen LogP contribution in [0, 0.1) is 0 Å². The summed E-state index contributed by atoms with van der Waals surface area (Å²) in [6.07, 6.45) is 6.86. The van der Waals surface area contributed by atoms with Gasteiger partial charge in [0.15, 0.2) is 3.79 Å². The van der Waals surface area contributed by atoms with E-state index in [1.165, 1.54) is 5.57 Å². The van der Waals surface area contributed by atoms with Crippen molar-refractivity contribution in [2.45, 2.75) is 36.9 Å². The summed E-state index contributed by atoms with van der Waals surface area (Å²) in [5.41, 5.74) is 2.51. The second kappa shape index (κ2) is 8.00. The van der Waals surface area contributed by atoms with Crippen LogP contribution in [-0.2, 0) is 0 Å². The number of rotatable bonds is 5. The predicted molar refractivity (Wildman–Crippen MR) is 75.4 cm³/mol. The van der Waals surface area contributed by atoms with Gasteiger partial charge in [0.25, 0.3) is 0 Å². The lowest BCUT2D eigenvalue weighted by atomic mass is 10.1. The molecule has 0 aromatic rings. The third kappa shape index (κ3) is 11.1. The zero-order valence-corrected chi connectivity index (χ0v) is 12.8. The third-order valence-electron chi connectivity index (χ3n) is 1.94. The van der Waals surface area contributed by atoms with Gasteiger partial charge in [-0.15, -0.1) is 0 Å². The molecular formula is C11H16BrCl3. The number of hydrogen-bond donors (Lipinski definition) is 0. The highest BCUT2D eigenvalue weighted by atomic mass is 79.9. The maximum atomic E-state index is 5.69. The summed E-state index contributed by atoms with van der Waals surface area (Å²) in [6, 6.07) is 0. The molecule has 15 heavy (non-hydrogen) atoms. The quantitative estimate of drug-likeness (QED) is 0.439. The molecule has 88 valence electrons. The van der Waals surface area contributed by atoms with Gasteiger partial charge in [0.1, 0.15) is 0 Å². The average molecular weight is 335 g/mol. The van der Waals surface area contributed by atoms with Crippen molar-refractivity contribution in [3.8, 4) is 0 Å². The van der Waals surface area contributed by atoms with Crippen LogP contribution in [0.4, 0.5) is 0 Å². The first-order valence-corrected chi connectivity index (χ1v) is 7.04. The lowest BCUT2D eigenvalue weighted by molar-refractivity contribution is 0.927. The van der Waals surface area contributed by atoms with E-state index in [2.05, 4.69) is 35.0 Å². The van der Waals surface area contributed by atoms with Gasteiger partial charge in [-0.2, -0.15) is 0 Å². The fraction of sp³-hybridized carbons (Fsp3) is 0.636. The van der Waals surface area contributed by atoms with Crippen molar-refractivity contribution in [2.75, 3.05) is 5.33 Å². The van der Waals surface area contributed by atoms with Crippen LogP contribution in [0.3, 0.4) is 0 Å². The largest absolute Gasteiger partial charge is 0.194 e. The minimum atomic E-state index is -1.17. The molecule has 4 heteroatoms. The molecule has 0 unspecified atom stereocenters. The summed E-state index contributed by atoms with van der Waals surface area (Å²) in [7, 11) is 0. The van der Waals surface area contributed by atoms with Gasteiger partial charge >= 0.3 is 0 Å². The van der Waals surface area contributed by atoms with E-state index in [4.69, 9.17) is 34.8 Å². The van der Waals surface area contributed by atoms with Gasteiger partial charge < -0.3 is 0 Å². The Labute approximate surface area is 116 Å². The third-order valence-corrected chi connectivity index (χ3v) is 2.66. The summed E-state index contributed by atoms with van der Waals surface area (Å²) in [5, 5.41) is 0.912. The Kier molecular flexibility index (Phi) is 8.44. The molecule has 0 aliphatic rings. The van der Waals surface area contributed by atoms with Crippen molar-refractivity contribution in [1.29, 1.82) is 0 Å². The van der Waals surface area contributed by atoms with Gasteiger partial charge in [0.2, 0.25) is 0 Å². The van der Waals surface area contributed by atoms with Crippen LogP contribution < -0.4 is 0 Å². The van der Waals surface area contributed by atoms with Crippen molar-refractivity contribution in [3.05, 3.63) is 23.3 Å². The van der Waals surface area contributed by atoms with Gasteiger partial charge in [-0.1, -0.05) is 74.0 Å². The molecule has 0 nitrogen and oxygen atoms in total. The van der Waals surface area contributed by atoms with Crippen LogP contribution >= 0.6 is 50.7 Å². The van der Waals surface area contributed by atoms with Crippen molar-refractivity contribution >= 4 is 50.7 Å². The predicted octanol–water partition coefficient (Wildman–Crippen LogP) is 5.81. The zero-order chi connectivity index (χ0) is 11.9. The molecule has 0 fully saturated rings. The van der Waals surface area contributed by atoms with Gasteiger partial charge in [-0.25, -0.2) is 0 Å². The molecule has 0 bridgehead atoms. The minimum absolute atomic E-state index is 0.499. The molecule has 0 aliphatic heterocycles. The fourth-order valence-electron chi connectivity index (χ4n) is 1.17. The lowest BCUT2D eigenvalue weighted by Gasteiger charge is -2.10. The Morgan fingerprint density at radius 1 is 1.13 bits per heavy atom. The minimum Gasteiger partial charge on any atom is -0.0883 e. The Morgan fingerprint density at radius 2 is 1.73 bits per heavy atom. The van der Waals surface area contributed by atoms with Crippen LogP contribution in [0.5, 0.6) is 0 Å². The first kappa shape index (κ1) is 15.8. The van der Waals surface area contributed by atoms with Gasteiger partial charge in [-0.05, 0) is 26.7 Å². The number of allylic oxidation sites excluding steroid dienone is 4. The number of alkyl halides is 4. The zero-order valence-electron chi connectivity index (χ0n) is 8.99. The first-order chi connectivity index (χ1) is 6.85. The molecule has 0 heterocycles. The van der Waals surface area contributed by atoms with E-state index >= 15 is 0 Å². The molecule has 0 aliphatic carbocycles. The Morgan fingerprint density at radius 3 is 2.20 bits per heavy atom. The van der Waals surface area contributed by atoms with Crippen molar-refractivity contribution < 1.29 is 0 Å². The smallest absolute Gasteiger partial charge is 0.0883 e. The highest BCUT2D eigenvalue weighted by molar-refractivity contribution is 9.09. The van der Waals surface area contributed by atoms with Crippen LogP contribution in [0.25, 0.3) is 0 Å². The summed E-state index contributed by atoms with van der Waals surface area (Å²) < 4.78 is -1.17. The molecule has 0 atom stereocenters. The summed E-state index contributed by atoms with van der Waals surface area (Å²) in [4.78, 5) is 0. The van der Waals surface area contributed by atoms with Crippen LogP contribution in [0.1, 0.15) is 33.1 Å². The maximum Gasteiger partial charge on any atom is 0.194 e. The van der Waals surface area contributed by atoms with E-state index in [0.29, 0.717) is 6.42 Å². The second-order valence-corrected chi connectivity index (χ2v) is 6.75. The molecule has 0 saturated carbocycles. The van der Waals surface area contributed by atoms with E-state index in [9.17, 15) is 0 Å². The lowest BCUT2D eigenvalue weighted by Crippen LogP contribution is -2.01. The number of hydrogen-bond acceptors (Lipinski definition) is 0. The number of halogens is 4. The average Bonchev–Trinajstić information content (AvgIpc) is 2.00. The van der Waals surface area contributed by atoms with Gasteiger partial charge in [0.05, 0.1) is 0 Å². The highest BCUT2D eigenvalue weighted by Crippen LogP contribution is 2.33. The normalized spacial score (nSPS) is 14.5. The molecular weight excluding hydrogens is 318 g/mol. The molecule has 0 amide bonds. The summed E-state index contributed by atoms with van der Waals surface area (Å²) >= 11 is 20.4. The Bertz CT molecular complexity index is 239.